The quantitative estimate of drug-likeness (QED) is 0.566. The van der Waals surface area contributed by atoms with Crippen LogP contribution in [0.15, 0.2) is 0 Å². The summed E-state index contributed by atoms with van der Waals surface area (Å²) in [4.78, 5) is 24.4. The van der Waals surface area contributed by atoms with Crippen LogP contribution in [0, 0.1) is 0 Å². The first-order chi connectivity index (χ1) is 6.59. The molecule has 1 N–H and O–H groups in total. The number of ether oxygens (including phenoxy) is 1. The summed E-state index contributed by atoms with van der Waals surface area (Å²) in [6, 6.07) is -0.373. The SMILES string of the molecule is COC(=O)C1(O)CC(=O)N2CCCC21. The van der Waals surface area contributed by atoms with Crippen LogP contribution in [0.3, 0.4) is 0 Å². The van der Waals surface area contributed by atoms with Gasteiger partial charge in [0.2, 0.25) is 5.91 Å². The third-order valence-corrected chi connectivity index (χ3v) is 3.08. The van der Waals surface area contributed by atoms with Crippen molar-refractivity contribution in [2.45, 2.75) is 30.9 Å². The second-order valence-corrected chi connectivity index (χ2v) is 3.84. The van der Waals surface area contributed by atoms with Crippen molar-refractivity contribution in [3.05, 3.63) is 0 Å². The van der Waals surface area contributed by atoms with Gasteiger partial charge in [0.15, 0.2) is 5.60 Å². The van der Waals surface area contributed by atoms with E-state index in [9.17, 15) is 14.7 Å². The molecule has 2 aliphatic rings. The van der Waals surface area contributed by atoms with Crippen LogP contribution in [0.4, 0.5) is 0 Å². The maximum Gasteiger partial charge on any atom is 0.340 e. The first-order valence-corrected chi connectivity index (χ1v) is 4.70. The minimum Gasteiger partial charge on any atom is -0.467 e. The average molecular weight is 199 g/mol. The molecule has 0 saturated carbocycles. The first kappa shape index (κ1) is 9.45. The number of carbonyl (C=O) groups is 2. The number of hydrogen-bond acceptors (Lipinski definition) is 4. The van der Waals surface area contributed by atoms with Crippen LogP contribution in [0.2, 0.25) is 0 Å². The van der Waals surface area contributed by atoms with E-state index in [1.807, 2.05) is 0 Å². The number of fused-ring (bicyclic) bond motifs is 1. The Morgan fingerprint density at radius 2 is 2.43 bits per heavy atom. The highest BCUT2D eigenvalue weighted by Gasteiger charge is 2.57. The molecule has 5 heteroatoms. The predicted molar refractivity (Wildman–Crippen MR) is 46.3 cm³/mol. The molecule has 2 saturated heterocycles. The van der Waals surface area contributed by atoms with Crippen LogP contribution < -0.4 is 0 Å². The highest BCUT2D eigenvalue weighted by Crippen LogP contribution is 2.37. The van der Waals surface area contributed by atoms with Gasteiger partial charge < -0.3 is 14.7 Å². The van der Waals surface area contributed by atoms with Gasteiger partial charge in [0.25, 0.3) is 0 Å². The Hall–Kier alpha value is -1.10. The normalized spacial score (nSPS) is 36.0. The van der Waals surface area contributed by atoms with Crippen LogP contribution in [-0.4, -0.2) is 47.2 Å². The fraction of sp³-hybridized carbons (Fsp3) is 0.778. The zero-order chi connectivity index (χ0) is 10.3. The van der Waals surface area contributed by atoms with Gasteiger partial charge >= 0.3 is 5.97 Å². The Labute approximate surface area is 81.6 Å². The molecule has 2 rings (SSSR count). The van der Waals surface area contributed by atoms with Gasteiger partial charge in [-0.2, -0.15) is 0 Å². The molecule has 78 valence electrons. The molecule has 0 aromatic heterocycles. The lowest BCUT2D eigenvalue weighted by Crippen LogP contribution is -2.48. The van der Waals surface area contributed by atoms with E-state index in [0.29, 0.717) is 13.0 Å². The van der Waals surface area contributed by atoms with Gasteiger partial charge in [-0.3, -0.25) is 4.79 Å². The second-order valence-electron chi connectivity index (χ2n) is 3.84. The van der Waals surface area contributed by atoms with Crippen molar-refractivity contribution < 1.29 is 19.4 Å². The Morgan fingerprint density at radius 3 is 3.07 bits per heavy atom. The fourth-order valence-electron chi connectivity index (χ4n) is 2.40. The molecule has 14 heavy (non-hydrogen) atoms. The van der Waals surface area contributed by atoms with Crippen molar-refractivity contribution in [2.24, 2.45) is 0 Å². The number of amides is 1. The molecule has 0 aromatic carbocycles. The Balaban J connectivity index is 2.29. The summed E-state index contributed by atoms with van der Waals surface area (Å²) in [5.41, 5.74) is -1.61. The lowest BCUT2D eigenvalue weighted by molar-refractivity contribution is -0.164. The van der Waals surface area contributed by atoms with Crippen molar-refractivity contribution in [1.82, 2.24) is 4.90 Å². The van der Waals surface area contributed by atoms with E-state index in [0.717, 1.165) is 6.42 Å². The largest absolute Gasteiger partial charge is 0.467 e. The minimum atomic E-state index is -1.61. The standard InChI is InChI=1S/C9H13NO4/c1-14-8(12)9(13)5-7(11)10-4-2-3-6(9)10/h6,13H,2-5H2,1H3. The zero-order valence-corrected chi connectivity index (χ0v) is 8.02. The van der Waals surface area contributed by atoms with Crippen molar-refractivity contribution in [3.63, 3.8) is 0 Å². The smallest absolute Gasteiger partial charge is 0.340 e. The molecule has 2 heterocycles. The third kappa shape index (κ3) is 1.05. The van der Waals surface area contributed by atoms with E-state index < -0.39 is 11.6 Å². The van der Waals surface area contributed by atoms with Crippen molar-refractivity contribution in [1.29, 1.82) is 0 Å². The molecule has 1 amide bonds. The van der Waals surface area contributed by atoms with Gasteiger partial charge in [0.05, 0.1) is 19.6 Å². The number of nitrogens with zero attached hydrogens (tertiary/aromatic N) is 1. The molecule has 0 spiro atoms. The zero-order valence-electron chi connectivity index (χ0n) is 8.02. The van der Waals surface area contributed by atoms with E-state index in [4.69, 9.17) is 0 Å². The highest BCUT2D eigenvalue weighted by atomic mass is 16.5. The summed E-state index contributed by atoms with van der Waals surface area (Å²) in [6.45, 7) is 0.642. The van der Waals surface area contributed by atoms with Crippen LogP contribution in [0.25, 0.3) is 0 Å². The van der Waals surface area contributed by atoms with E-state index in [-0.39, 0.29) is 18.4 Å². The van der Waals surface area contributed by atoms with Gasteiger partial charge in [-0.1, -0.05) is 0 Å². The number of aliphatic hydroxyl groups is 1. The summed E-state index contributed by atoms with van der Waals surface area (Å²) in [6.07, 6.45) is 1.39. The molecule has 0 aliphatic carbocycles. The lowest BCUT2D eigenvalue weighted by Gasteiger charge is -2.25. The fourth-order valence-corrected chi connectivity index (χ4v) is 2.40. The molecule has 2 unspecified atom stereocenters. The van der Waals surface area contributed by atoms with E-state index in [2.05, 4.69) is 4.74 Å². The highest BCUT2D eigenvalue weighted by molar-refractivity contribution is 5.93. The number of carbonyl (C=O) groups excluding carboxylic acids is 2. The molecular weight excluding hydrogens is 186 g/mol. The number of rotatable bonds is 1. The van der Waals surface area contributed by atoms with E-state index >= 15 is 0 Å². The van der Waals surface area contributed by atoms with E-state index in [1.165, 1.54) is 7.11 Å². The average Bonchev–Trinajstić information content (AvgIpc) is 2.71. The van der Waals surface area contributed by atoms with Crippen LogP contribution >= 0.6 is 0 Å². The van der Waals surface area contributed by atoms with Crippen molar-refractivity contribution in [3.8, 4) is 0 Å². The maximum atomic E-state index is 11.4. The second kappa shape index (κ2) is 2.95. The molecular formula is C9H13NO4. The van der Waals surface area contributed by atoms with Crippen LogP contribution in [-0.2, 0) is 14.3 Å². The molecule has 2 fully saturated rings. The number of hydrogen-bond donors (Lipinski definition) is 1. The van der Waals surface area contributed by atoms with Crippen LogP contribution in [0.5, 0.6) is 0 Å². The lowest BCUT2D eigenvalue weighted by atomic mass is 9.93. The Kier molecular flexibility index (Phi) is 1.99. The maximum absolute atomic E-state index is 11.4. The predicted octanol–water partition coefficient (Wildman–Crippen LogP) is -0.715. The van der Waals surface area contributed by atoms with Gasteiger partial charge in [0, 0.05) is 6.54 Å². The van der Waals surface area contributed by atoms with Crippen molar-refractivity contribution >= 4 is 11.9 Å². The Bertz CT molecular complexity index is 291. The topological polar surface area (TPSA) is 66.8 Å². The molecule has 2 aliphatic heterocycles. The molecule has 0 radical (unpaired) electrons. The number of methoxy groups -OCH3 is 1. The minimum absolute atomic E-state index is 0.135. The van der Waals surface area contributed by atoms with Gasteiger partial charge in [-0.05, 0) is 12.8 Å². The molecule has 5 nitrogen and oxygen atoms in total. The summed E-state index contributed by atoms with van der Waals surface area (Å²) in [7, 11) is 1.22. The van der Waals surface area contributed by atoms with Gasteiger partial charge in [0.1, 0.15) is 0 Å². The van der Waals surface area contributed by atoms with Crippen LogP contribution in [0.1, 0.15) is 19.3 Å². The first-order valence-electron chi connectivity index (χ1n) is 4.70. The summed E-state index contributed by atoms with van der Waals surface area (Å²) >= 11 is 0. The third-order valence-electron chi connectivity index (χ3n) is 3.08. The van der Waals surface area contributed by atoms with Gasteiger partial charge in [-0.25, -0.2) is 4.79 Å². The molecule has 2 atom stereocenters. The number of esters is 1. The summed E-state index contributed by atoms with van der Waals surface area (Å²) in [5.74, 6) is -0.847. The summed E-state index contributed by atoms with van der Waals surface area (Å²) < 4.78 is 4.53. The van der Waals surface area contributed by atoms with Gasteiger partial charge in [-0.15, -0.1) is 0 Å². The monoisotopic (exact) mass is 199 g/mol. The molecule has 0 bridgehead atoms. The summed E-state index contributed by atoms with van der Waals surface area (Å²) in [5, 5.41) is 10.1. The van der Waals surface area contributed by atoms with Crippen molar-refractivity contribution in [2.75, 3.05) is 13.7 Å². The van der Waals surface area contributed by atoms with E-state index in [1.54, 1.807) is 4.90 Å². The Morgan fingerprint density at radius 1 is 1.71 bits per heavy atom. The molecule has 0 aromatic rings.